The van der Waals surface area contributed by atoms with Crippen molar-refractivity contribution < 1.29 is 18.8 Å². The first-order chi connectivity index (χ1) is 16.3. The summed E-state index contributed by atoms with van der Waals surface area (Å²) in [6.45, 7) is 3.69. The average Bonchev–Trinajstić information content (AvgIpc) is 3.27. The molecule has 0 aromatic heterocycles. The van der Waals surface area contributed by atoms with Crippen LogP contribution in [0.5, 0.6) is 0 Å². The van der Waals surface area contributed by atoms with E-state index in [1.165, 1.54) is 45.8 Å². The van der Waals surface area contributed by atoms with Crippen LogP contribution >= 0.6 is 11.8 Å². The third kappa shape index (κ3) is 3.45. The number of nitrogens with zero attached hydrogens (tertiary/aromatic N) is 2. The van der Waals surface area contributed by atoms with Gasteiger partial charge in [0.25, 0.3) is 5.91 Å². The Labute approximate surface area is 200 Å². The Kier molecular flexibility index (Phi) is 5.40. The lowest BCUT2D eigenvalue weighted by Crippen LogP contribution is -2.50. The van der Waals surface area contributed by atoms with Crippen molar-refractivity contribution in [2.45, 2.75) is 18.7 Å². The molecule has 5 rings (SSSR count). The Morgan fingerprint density at radius 3 is 2.53 bits per heavy atom. The van der Waals surface area contributed by atoms with Gasteiger partial charge in [0.05, 0.1) is 11.4 Å². The molecule has 2 aliphatic rings. The summed E-state index contributed by atoms with van der Waals surface area (Å²) < 4.78 is 13.6. The molecule has 1 fully saturated rings. The van der Waals surface area contributed by atoms with Crippen LogP contribution in [0, 0.1) is 19.7 Å². The number of thioether (sulfide) groups is 1. The molecule has 1 spiro atoms. The lowest BCUT2D eigenvalue weighted by molar-refractivity contribution is -0.124. The van der Waals surface area contributed by atoms with E-state index in [2.05, 4.69) is 5.32 Å². The third-order valence-corrected chi connectivity index (χ3v) is 7.49. The van der Waals surface area contributed by atoms with E-state index in [9.17, 15) is 18.8 Å². The summed E-state index contributed by atoms with van der Waals surface area (Å²) in [7, 11) is 0. The van der Waals surface area contributed by atoms with Gasteiger partial charge in [0.2, 0.25) is 16.7 Å². The molecule has 3 aromatic rings. The maximum atomic E-state index is 13.9. The predicted molar refractivity (Wildman–Crippen MR) is 131 cm³/mol. The van der Waals surface area contributed by atoms with Gasteiger partial charge in [-0.1, -0.05) is 35.9 Å². The minimum atomic E-state index is -1.34. The Morgan fingerprint density at radius 1 is 1.06 bits per heavy atom. The van der Waals surface area contributed by atoms with Crippen LogP contribution in [0.4, 0.5) is 21.5 Å². The highest BCUT2D eigenvalue weighted by Gasteiger charge is 2.61. The smallest absolute Gasteiger partial charge is 0.269 e. The molecular formula is C26H22FN3O3S. The number of fused-ring (bicyclic) bond motifs is 2. The van der Waals surface area contributed by atoms with Gasteiger partial charge in [-0.2, -0.15) is 0 Å². The van der Waals surface area contributed by atoms with Gasteiger partial charge in [0, 0.05) is 16.9 Å². The number of halogens is 1. The largest absolute Gasteiger partial charge is 0.324 e. The first-order valence-electron chi connectivity index (χ1n) is 10.8. The number of hydrogen-bond donors (Lipinski definition) is 1. The highest BCUT2D eigenvalue weighted by Crippen LogP contribution is 2.55. The van der Waals surface area contributed by atoms with Crippen LogP contribution < -0.4 is 15.1 Å². The summed E-state index contributed by atoms with van der Waals surface area (Å²) in [5, 5.41) is 2.89. The second-order valence-electron chi connectivity index (χ2n) is 8.41. The van der Waals surface area contributed by atoms with Crippen molar-refractivity contribution >= 4 is 46.5 Å². The van der Waals surface area contributed by atoms with Gasteiger partial charge in [-0.3, -0.25) is 24.2 Å². The molecule has 3 aromatic carbocycles. The summed E-state index contributed by atoms with van der Waals surface area (Å²) in [6.07, 6.45) is 0. The molecule has 1 N–H and O–H groups in total. The number of para-hydroxylation sites is 1. The molecule has 1 atom stereocenters. The van der Waals surface area contributed by atoms with Gasteiger partial charge < -0.3 is 5.32 Å². The molecule has 0 aliphatic carbocycles. The monoisotopic (exact) mass is 475 g/mol. The molecule has 2 heterocycles. The Balaban J connectivity index is 1.50. The molecular weight excluding hydrogens is 453 g/mol. The normalized spacial score (nSPS) is 19.1. The fourth-order valence-corrected chi connectivity index (χ4v) is 5.95. The van der Waals surface area contributed by atoms with Crippen molar-refractivity contribution in [1.82, 2.24) is 0 Å². The second-order valence-corrected chi connectivity index (χ2v) is 9.58. The topological polar surface area (TPSA) is 69.7 Å². The molecule has 172 valence electrons. The van der Waals surface area contributed by atoms with Crippen LogP contribution in [-0.4, -0.2) is 30.0 Å². The number of amides is 3. The quantitative estimate of drug-likeness (QED) is 0.609. The minimum Gasteiger partial charge on any atom is -0.324 e. The van der Waals surface area contributed by atoms with Crippen LogP contribution in [0.2, 0.25) is 0 Å². The van der Waals surface area contributed by atoms with Crippen LogP contribution in [0.3, 0.4) is 0 Å². The average molecular weight is 476 g/mol. The van der Waals surface area contributed by atoms with Gasteiger partial charge in [0.1, 0.15) is 12.4 Å². The van der Waals surface area contributed by atoms with Gasteiger partial charge in [-0.25, -0.2) is 4.39 Å². The number of anilines is 3. The van der Waals surface area contributed by atoms with Gasteiger partial charge >= 0.3 is 0 Å². The van der Waals surface area contributed by atoms with E-state index < -0.39 is 10.7 Å². The molecule has 8 heteroatoms. The van der Waals surface area contributed by atoms with E-state index in [0.29, 0.717) is 22.6 Å². The van der Waals surface area contributed by atoms with E-state index in [0.717, 1.165) is 11.1 Å². The standard InChI is InChI=1S/C26H22FN3O3S/c1-16-7-12-21(17(2)13-16)28-23(31)14-29-22-6-4-3-5-20(22)26(25(29)33)30(24(32)15-34-26)19-10-8-18(27)9-11-19/h3-13H,14-15H2,1-2H3,(H,28,31). The third-order valence-electron chi connectivity index (χ3n) is 6.11. The van der Waals surface area contributed by atoms with E-state index in [1.54, 1.807) is 24.3 Å². The zero-order chi connectivity index (χ0) is 24.0. The van der Waals surface area contributed by atoms with Crippen molar-refractivity contribution in [2.24, 2.45) is 0 Å². The fraction of sp³-hybridized carbons (Fsp3) is 0.192. The van der Waals surface area contributed by atoms with Gasteiger partial charge in [0.15, 0.2) is 0 Å². The lowest BCUT2D eigenvalue weighted by atomic mass is 10.0. The van der Waals surface area contributed by atoms with E-state index >= 15 is 0 Å². The maximum Gasteiger partial charge on any atom is 0.269 e. The number of carbonyl (C=O) groups is 3. The van der Waals surface area contributed by atoms with Crippen molar-refractivity contribution in [2.75, 3.05) is 27.4 Å². The second kappa shape index (κ2) is 8.29. The zero-order valence-corrected chi connectivity index (χ0v) is 19.5. The summed E-state index contributed by atoms with van der Waals surface area (Å²) in [6, 6.07) is 18.4. The minimum absolute atomic E-state index is 0.0973. The SMILES string of the molecule is Cc1ccc(NC(=O)CN2C(=O)C3(SCC(=O)N3c3ccc(F)cc3)c3ccccc32)c(C)c1. The molecule has 2 aliphatic heterocycles. The van der Waals surface area contributed by atoms with Crippen molar-refractivity contribution in [1.29, 1.82) is 0 Å². The van der Waals surface area contributed by atoms with E-state index in [1.807, 2.05) is 32.0 Å². The highest BCUT2D eigenvalue weighted by molar-refractivity contribution is 8.02. The molecule has 0 saturated carbocycles. The first-order valence-corrected chi connectivity index (χ1v) is 11.8. The first kappa shape index (κ1) is 22.2. The van der Waals surface area contributed by atoms with E-state index in [-0.39, 0.29) is 30.0 Å². The molecule has 0 bridgehead atoms. The maximum absolute atomic E-state index is 13.9. The number of aryl methyl sites for hydroxylation is 2. The van der Waals surface area contributed by atoms with Crippen LogP contribution in [0.25, 0.3) is 0 Å². The Bertz CT molecular complexity index is 1330. The molecule has 1 saturated heterocycles. The molecule has 0 radical (unpaired) electrons. The number of hydrogen-bond acceptors (Lipinski definition) is 4. The lowest BCUT2D eigenvalue weighted by Gasteiger charge is -2.33. The van der Waals surface area contributed by atoms with Crippen LogP contribution in [0.15, 0.2) is 66.7 Å². The van der Waals surface area contributed by atoms with Crippen molar-refractivity contribution in [3.05, 3.63) is 89.2 Å². The summed E-state index contributed by atoms with van der Waals surface area (Å²) in [4.78, 5) is 41.4. The fourth-order valence-electron chi connectivity index (χ4n) is 4.59. The Morgan fingerprint density at radius 2 is 1.79 bits per heavy atom. The number of nitrogens with one attached hydrogen (secondary N) is 1. The predicted octanol–water partition coefficient (Wildman–Crippen LogP) is 4.36. The zero-order valence-electron chi connectivity index (χ0n) is 18.7. The van der Waals surface area contributed by atoms with E-state index in [4.69, 9.17) is 0 Å². The number of rotatable bonds is 4. The van der Waals surface area contributed by atoms with Gasteiger partial charge in [-0.05, 0) is 55.8 Å². The molecule has 6 nitrogen and oxygen atoms in total. The molecule has 34 heavy (non-hydrogen) atoms. The summed E-state index contributed by atoms with van der Waals surface area (Å²) in [5.41, 5.74) is 4.35. The van der Waals surface area contributed by atoms with Crippen LogP contribution in [-0.2, 0) is 19.3 Å². The summed E-state index contributed by atoms with van der Waals surface area (Å²) in [5.74, 6) is -1.29. The highest BCUT2D eigenvalue weighted by atomic mass is 32.2. The van der Waals surface area contributed by atoms with Gasteiger partial charge in [-0.15, -0.1) is 11.8 Å². The number of benzene rings is 3. The molecule has 1 unspecified atom stereocenters. The van der Waals surface area contributed by atoms with Crippen molar-refractivity contribution in [3.8, 4) is 0 Å². The molecule has 3 amide bonds. The number of carbonyl (C=O) groups excluding carboxylic acids is 3. The van der Waals surface area contributed by atoms with Crippen molar-refractivity contribution in [3.63, 3.8) is 0 Å². The van der Waals surface area contributed by atoms with Crippen LogP contribution in [0.1, 0.15) is 16.7 Å². The summed E-state index contributed by atoms with van der Waals surface area (Å²) >= 11 is 1.22. The Hall–Kier alpha value is -3.65.